The molecule has 0 bridgehead atoms. The number of aromatic hydroxyl groups is 1. The van der Waals surface area contributed by atoms with Crippen LogP contribution in [0.1, 0.15) is 5.56 Å². The van der Waals surface area contributed by atoms with E-state index < -0.39 is 5.91 Å². The number of thiazole rings is 1. The number of rotatable bonds is 4. The van der Waals surface area contributed by atoms with Gasteiger partial charge in [-0.25, -0.2) is 4.98 Å². The molecule has 0 radical (unpaired) electrons. The highest BCUT2D eigenvalue weighted by atomic mass is 35.5. The van der Waals surface area contributed by atoms with Crippen molar-refractivity contribution in [2.75, 3.05) is 5.32 Å². The monoisotopic (exact) mass is 415 g/mol. The summed E-state index contributed by atoms with van der Waals surface area (Å²) < 4.78 is 0. The molecule has 1 heterocycles. The first kappa shape index (κ1) is 18.9. The highest BCUT2D eigenvalue weighted by Gasteiger charge is 2.14. The van der Waals surface area contributed by atoms with Gasteiger partial charge in [-0.2, -0.15) is 5.26 Å². The molecule has 3 rings (SSSR count). The molecule has 0 aliphatic carbocycles. The number of phenolic OH excluding ortho intramolecular Hbond substituents is 1. The topological polar surface area (TPSA) is 86.0 Å². The predicted molar refractivity (Wildman–Crippen MR) is 108 cm³/mol. The van der Waals surface area contributed by atoms with Gasteiger partial charge in [-0.1, -0.05) is 53.5 Å². The van der Waals surface area contributed by atoms with Crippen molar-refractivity contribution in [1.29, 1.82) is 5.26 Å². The fourth-order valence-corrected chi connectivity index (χ4v) is 3.44. The van der Waals surface area contributed by atoms with E-state index in [0.717, 1.165) is 11.3 Å². The van der Waals surface area contributed by atoms with Gasteiger partial charge in [-0.3, -0.25) is 10.1 Å². The lowest BCUT2D eigenvalue weighted by Gasteiger charge is -2.03. The summed E-state index contributed by atoms with van der Waals surface area (Å²) >= 11 is 13.0. The number of hydrogen-bond donors (Lipinski definition) is 2. The van der Waals surface area contributed by atoms with E-state index in [1.807, 2.05) is 41.8 Å². The van der Waals surface area contributed by atoms with Crippen molar-refractivity contribution in [3.63, 3.8) is 0 Å². The van der Waals surface area contributed by atoms with Gasteiger partial charge in [0.05, 0.1) is 15.7 Å². The van der Waals surface area contributed by atoms with Crippen LogP contribution in [0.5, 0.6) is 5.75 Å². The number of nitrogens with zero attached hydrogens (tertiary/aromatic N) is 2. The first-order valence-corrected chi connectivity index (χ1v) is 9.23. The highest BCUT2D eigenvalue weighted by molar-refractivity contribution is 7.14. The molecule has 5 nitrogen and oxygen atoms in total. The van der Waals surface area contributed by atoms with Gasteiger partial charge < -0.3 is 5.11 Å². The molecule has 0 unspecified atom stereocenters. The first-order chi connectivity index (χ1) is 13.0. The molecule has 0 atom stereocenters. The quantitative estimate of drug-likeness (QED) is 0.442. The van der Waals surface area contributed by atoms with Crippen LogP contribution >= 0.6 is 34.5 Å². The van der Waals surface area contributed by atoms with Crippen LogP contribution in [0, 0.1) is 11.3 Å². The van der Waals surface area contributed by atoms with E-state index in [0.29, 0.717) is 10.7 Å². The summed E-state index contributed by atoms with van der Waals surface area (Å²) in [4.78, 5) is 16.7. The molecule has 0 saturated carbocycles. The minimum atomic E-state index is -0.605. The number of carbonyl (C=O) groups excluding carboxylic acids is 1. The second-order valence-corrected chi connectivity index (χ2v) is 7.03. The van der Waals surface area contributed by atoms with Crippen molar-refractivity contribution in [3.05, 3.63) is 69.0 Å². The molecule has 0 saturated heterocycles. The molecule has 0 spiro atoms. The molecular weight excluding hydrogens is 405 g/mol. The number of benzene rings is 2. The number of hydrogen-bond acceptors (Lipinski definition) is 5. The Morgan fingerprint density at radius 2 is 1.89 bits per heavy atom. The van der Waals surface area contributed by atoms with Crippen LogP contribution in [0.2, 0.25) is 10.0 Å². The van der Waals surface area contributed by atoms with Gasteiger partial charge >= 0.3 is 0 Å². The maximum absolute atomic E-state index is 12.4. The highest BCUT2D eigenvalue weighted by Crippen LogP contribution is 2.33. The summed E-state index contributed by atoms with van der Waals surface area (Å²) in [5.41, 5.74) is 1.93. The van der Waals surface area contributed by atoms with Crippen LogP contribution in [0.4, 0.5) is 5.13 Å². The predicted octanol–water partition coefficient (Wildman–Crippen LogP) is 5.37. The Morgan fingerprint density at radius 3 is 2.52 bits per heavy atom. The smallest absolute Gasteiger partial charge is 0.268 e. The minimum Gasteiger partial charge on any atom is -0.505 e. The van der Waals surface area contributed by atoms with Gasteiger partial charge in [0.1, 0.15) is 11.6 Å². The van der Waals surface area contributed by atoms with Crippen molar-refractivity contribution >= 4 is 51.7 Å². The maximum Gasteiger partial charge on any atom is 0.268 e. The van der Waals surface area contributed by atoms with Crippen LogP contribution in [0.3, 0.4) is 0 Å². The number of aromatic nitrogens is 1. The number of halogens is 2. The molecule has 0 aliphatic heterocycles. The fraction of sp³-hybridized carbons (Fsp3) is 0. The van der Waals surface area contributed by atoms with Crippen molar-refractivity contribution in [1.82, 2.24) is 4.98 Å². The molecule has 27 heavy (non-hydrogen) atoms. The average Bonchev–Trinajstić information content (AvgIpc) is 3.13. The molecule has 3 aromatic rings. The molecule has 0 aliphatic rings. The molecule has 1 aromatic heterocycles. The lowest BCUT2D eigenvalue weighted by molar-refractivity contribution is -0.112. The SMILES string of the molecule is N#C/C(=C/c1cc(Cl)c(O)c(Cl)c1)C(=O)Nc1nc(-c2ccccc2)cs1. The Morgan fingerprint density at radius 1 is 1.22 bits per heavy atom. The minimum absolute atomic E-state index is 0.0267. The number of anilines is 1. The zero-order valence-corrected chi connectivity index (χ0v) is 15.9. The van der Waals surface area contributed by atoms with Gasteiger partial charge in [0, 0.05) is 10.9 Å². The number of nitrogens with one attached hydrogen (secondary N) is 1. The third kappa shape index (κ3) is 4.47. The molecular formula is C19H11Cl2N3O2S. The Labute approximate surface area is 169 Å². The van der Waals surface area contributed by atoms with E-state index in [-0.39, 0.29) is 21.4 Å². The first-order valence-electron chi connectivity index (χ1n) is 7.60. The Hall–Kier alpha value is -2.85. The third-order valence-corrected chi connectivity index (χ3v) is 4.84. The average molecular weight is 416 g/mol. The molecule has 0 fully saturated rings. The molecule has 8 heteroatoms. The van der Waals surface area contributed by atoms with Gasteiger partial charge in [0.15, 0.2) is 10.9 Å². The van der Waals surface area contributed by atoms with Crippen LogP contribution in [0.15, 0.2) is 53.4 Å². The normalized spacial score (nSPS) is 11.1. The van der Waals surface area contributed by atoms with Crippen molar-refractivity contribution < 1.29 is 9.90 Å². The summed E-state index contributed by atoms with van der Waals surface area (Å²) in [6, 6.07) is 14.2. The summed E-state index contributed by atoms with van der Waals surface area (Å²) in [5, 5.41) is 23.7. The summed E-state index contributed by atoms with van der Waals surface area (Å²) in [5.74, 6) is -0.860. The van der Waals surface area contributed by atoms with Crippen LogP contribution in [0.25, 0.3) is 17.3 Å². The van der Waals surface area contributed by atoms with Crippen LogP contribution < -0.4 is 5.32 Å². The largest absolute Gasteiger partial charge is 0.505 e. The van der Waals surface area contributed by atoms with E-state index in [4.69, 9.17) is 23.2 Å². The van der Waals surface area contributed by atoms with Gasteiger partial charge in [0.25, 0.3) is 5.91 Å². The van der Waals surface area contributed by atoms with E-state index in [9.17, 15) is 15.2 Å². The van der Waals surface area contributed by atoms with E-state index in [1.165, 1.54) is 29.5 Å². The summed E-state index contributed by atoms with van der Waals surface area (Å²) in [6.07, 6.45) is 1.33. The Kier molecular flexibility index (Phi) is 5.77. The van der Waals surface area contributed by atoms with Crippen LogP contribution in [-0.2, 0) is 4.79 Å². The van der Waals surface area contributed by atoms with Gasteiger partial charge in [-0.05, 0) is 23.8 Å². The fourth-order valence-electron chi connectivity index (χ4n) is 2.22. The number of phenols is 1. The Balaban J connectivity index is 1.80. The second-order valence-electron chi connectivity index (χ2n) is 5.36. The molecule has 2 aromatic carbocycles. The zero-order valence-electron chi connectivity index (χ0n) is 13.6. The lowest BCUT2D eigenvalue weighted by Crippen LogP contribution is -2.13. The Bertz CT molecular complexity index is 1050. The third-order valence-electron chi connectivity index (χ3n) is 3.51. The van der Waals surface area contributed by atoms with Crippen molar-refractivity contribution in [2.24, 2.45) is 0 Å². The summed E-state index contributed by atoms with van der Waals surface area (Å²) in [7, 11) is 0. The van der Waals surface area contributed by atoms with Gasteiger partial charge in [0.2, 0.25) is 0 Å². The van der Waals surface area contributed by atoms with Gasteiger partial charge in [-0.15, -0.1) is 11.3 Å². The number of amides is 1. The van der Waals surface area contributed by atoms with Crippen molar-refractivity contribution in [2.45, 2.75) is 0 Å². The molecule has 1 amide bonds. The second kappa shape index (κ2) is 8.23. The van der Waals surface area contributed by atoms with E-state index in [2.05, 4.69) is 10.3 Å². The van der Waals surface area contributed by atoms with Crippen molar-refractivity contribution in [3.8, 4) is 23.1 Å². The number of nitriles is 1. The lowest BCUT2D eigenvalue weighted by atomic mass is 10.1. The summed E-state index contributed by atoms with van der Waals surface area (Å²) in [6.45, 7) is 0. The van der Waals surface area contributed by atoms with E-state index >= 15 is 0 Å². The number of carbonyl (C=O) groups is 1. The maximum atomic E-state index is 12.4. The standard InChI is InChI=1S/C19H11Cl2N3O2S/c20-14-7-11(8-15(21)17(14)25)6-13(9-22)18(26)24-19-23-16(10-27-19)12-4-2-1-3-5-12/h1-8,10,25H,(H,23,24,26)/b13-6-. The van der Waals surface area contributed by atoms with E-state index in [1.54, 1.807) is 0 Å². The molecule has 2 N–H and O–H groups in total. The van der Waals surface area contributed by atoms with Crippen LogP contribution in [-0.4, -0.2) is 16.0 Å². The molecule has 134 valence electrons. The zero-order chi connectivity index (χ0) is 19.4.